The van der Waals surface area contributed by atoms with Crippen LogP contribution in [-0.2, 0) is 16.4 Å². The lowest BCUT2D eigenvalue weighted by atomic mass is 10.0. The number of anilines is 2. The third-order valence-electron chi connectivity index (χ3n) is 4.47. The maximum absolute atomic E-state index is 13.1. The van der Waals surface area contributed by atoms with Gasteiger partial charge >= 0.3 is 0 Å². The van der Waals surface area contributed by atoms with Crippen molar-refractivity contribution in [3.05, 3.63) is 71.0 Å². The highest BCUT2D eigenvalue weighted by Crippen LogP contribution is 2.31. The number of thiazole rings is 1. The van der Waals surface area contributed by atoms with Crippen LogP contribution in [-0.4, -0.2) is 25.9 Å². The third kappa shape index (κ3) is 3.63. The summed E-state index contributed by atoms with van der Waals surface area (Å²) < 4.78 is 40.8. The Kier molecular flexibility index (Phi) is 4.86. The van der Waals surface area contributed by atoms with E-state index < -0.39 is 15.8 Å². The molecule has 1 aliphatic rings. The predicted octanol–water partition coefficient (Wildman–Crippen LogP) is 3.68. The molecule has 0 unspecified atom stereocenters. The molecule has 0 fully saturated rings. The minimum Gasteiger partial charge on any atom is -0.308 e. The molecule has 0 bridgehead atoms. The molecule has 0 radical (unpaired) electrons. The zero-order chi connectivity index (χ0) is 19.7. The molecule has 0 saturated heterocycles. The van der Waals surface area contributed by atoms with Crippen molar-refractivity contribution in [3.63, 3.8) is 0 Å². The standard InChI is InChI=1S/C19H16FN3O3S2/c20-15-5-3-13(4-6-15)18(24)23-10-1-2-14-12-16(7-8-17(14)23)28(25,26)22-19-21-9-11-27-19/h3-9,11-12H,1-2,10H2,(H,21,22). The van der Waals surface area contributed by atoms with Gasteiger partial charge in [0, 0.05) is 29.4 Å². The van der Waals surface area contributed by atoms with E-state index in [0.717, 1.165) is 5.56 Å². The topological polar surface area (TPSA) is 79.4 Å². The second-order valence-electron chi connectivity index (χ2n) is 6.30. The Morgan fingerprint density at radius 3 is 2.68 bits per heavy atom. The van der Waals surface area contributed by atoms with E-state index in [4.69, 9.17) is 0 Å². The molecule has 0 aliphatic carbocycles. The number of nitrogens with zero attached hydrogens (tertiary/aromatic N) is 2. The molecule has 0 saturated carbocycles. The molecule has 1 aromatic heterocycles. The van der Waals surface area contributed by atoms with E-state index in [-0.39, 0.29) is 10.8 Å². The lowest BCUT2D eigenvalue weighted by molar-refractivity contribution is 0.0985. The predicted molar refractivity (Wildman–Crippen MR) is 106 cm³/mol. The normalized spacial score (nSPS) is 13.8. The number of aryl methyl sites for hydroxylation is 1. The smallest absolute Gasteiger partial charge is 0.263 e. The van der Waals surface area contributed by atoms with Crippen molar-refractivity contribution >= 4 is 38.1 Å². The first-order chi connectivity index (χ1) is 13.4. The van der Waals surface area contributed by atoms with Crippen LogP contribution in [0.3, 0.4) is 0 Å². The number of sulfonamides is 1. The van der Waals surface area contributed by atoms with E-state index in [1.54, 1.807) is 22.4 Å². The van der Waals surface area contributed by atoms with E-state index in [0.29, 0.717) is 35.8 Å². The van der Waals surface area contributed by atoms with Crippen molar-refractivity contribution in [2.45, 2.75) is 17.7 Å². The molecule has 2 aromatic carbocycles. The molecule has 1 amide bonds. The molecule has 1 aliphatic heterocycles. The summed E-state index contributed by atoms with van der Waals surface area (Å²) in [5.41, 5.74) is 1.84. The van der Waals surface area contributed by atoms with E-state index >= 15 is 0 Å². The number of carbonyl (C=O) groups is 1. The molecule has 28 heavy (non-hydrogen) atoms. The molecule has 9 heteroatoms. The fourth-order valence-electron chi connectivity index (χ4n) is 3.15. The van der Waals surface area contributed by atoms with Gasteiger partial charge in [-0.25, -0.2) is 17.8 Å². The van der Waals surface area contributed by atoms with Gasteiger partial charge in [0.15, 0.2) is 5.13 Å². The van der Waals surface area contributed by atoms with Gasteiger partial charge in [-0.2, -0.15) is 0 Å². The van der Waals surface area contributed by atoms with Gasteiger partial charge in [-0.3, -0.25) is 9.52 Å². The van der Waals surface area contributed by atoms with Gasteiger partial charge in [-0.05, 0) is 60.9 Å². The molecule has 3 aromatic rings. The maximum atomic E-state index is 13.1. The lowest BCUT2D eigenvalue weighted by Crippen LogP contribution is -2.35. The van der Waals surface area contributed by atoms with Crippen LogP contribution in [0, 0.1) is 5.82 Å². The van der Waals surface area contributed by atoms with Crippen molar-refractivity contribution in [1.82, 2.24) is 4.98 Å². The molecular formula is C19H16FN3O3S2. The highest BCUT2D eigenvalue weighted by atomic mass is 32.2. The monoisotopic (exact) mass is 417 g/mol. The number of hydrogen-bond donors (Lipinski definition) is 1. The molecular weight excluding hydrogens is 401 g/mol. The molecule has 2 heterocycles. The quantitative estimate of drug-likeness (QED) is 0.702. The molecule has 1 N–H and O–H groups in total. The van der Waals surface area contributed by atoms with Gasteiger partial charge in [0.25, 0.3) is 15.9 Å². The third-order valence-corrected chi connectivity index (χ3v) is 6.62. The Balaban J connectivity index is 1.64. The number of rotatable bonds is 4. The summed E-state index contributed by atoms with van der Waals surface area (Å²) in [5.74, 6) is -0.643. The summed E-state index contributed by atoms with van der Waals surface area (Å²) in [6.07, 6.45) is 2.90. The zero-order valence-corrected chi connectivity index (χ0v) is 16.3. The maximum Gasteiger partial charge on any atom is 0.263 e. The Bertz CT molecular complexity index is 1110. The Labute approximate surface area is 165 Å². The Hall–Kier alpha value is -2.78. The molecule has 144 valence electrons. The fourth-order valence-corrected chi connectivity index (χ4v) is 4.99. The van der Waals surface area contributed by atoms with Crippen LogP contribution in [0.4, 0.5) is 15.2 Å². The fraction of sp³-hybridized carbons (Fsp3) is 0.158. The highest BCUT2D eigenvalue weighted by Gasteiger charge is 2.26. The van der Waals surface area contributed by atoms with Crippen molar-refractivity contribution in [1.29, 1.82) is 0 Å². The van der Waals surface area contributed by atoms with Crippen LogP contribution in [0.25, 0.3) is 0 Å². The first-order valence-electron chi connectivity index (χ1n) is 8.57. The summed E-state index contributed by atoms with van der Waals surface area (Å²) in [4.78, 5) is 18.5. The second-order valence-corrected chi connectivity index (χ2v) is 8.88. The first kappa shape index (κ1) is 18.6. The lowest BCUT2D eigenvalue weighted by Gasteiger charge is -2.30. The number of hydrogen-bond acceptors (Lipinski definition) is 5. The number of benzene rings is 2. The SMILES string of the molecule is O=C(c1ccc(F)cc1)N1CCCc2cc(S(=O)(=O)Nc3nccs3)ccc21. The van der Waals surface area contributed by atoms with Crippen molar-refractivity contribution < 1.29 is 17.6 Å². The minimum absolute atomic E-state index is 0.123. The molecule has 0 atom stereocenters. The van der Waals surface area contributed by atoms with Crippen LogP contribution in [0.15, 0.2) is 58.9 Å². The molecule has 6 nitrogen and oxygen atoms in total. The summed E-state index contributed by atoms with van der Waals surface area (Å²) in [6.45, 7) is 0.521. The highest BCUT2D eigenvalue weighted by molar-refractivity contribution is 7.93. The number of nitrogens with one attached hydrogen (secondary N) is 1. The van der Waals surface area contributed by atoms with Crippen molar-refractivity contribution in [2.24, 2.45) is 0 Å². The van der Waals surface area contributed by atoms with E-state index in [9.17, 15) is 17.6 Å². The number of aromatic nitrogens is 1. The van der Waals surface area contributed by atoms with Gasteiger partial charge in [-0.1, -0.05) is 0 Å². The van der Waals surface area contributed by atoms with Gasteiger partial charge in [0.05, 0.1) is 4.90 Å². The average Bonchev–Trinajstić information content (AvgIpc) is 3.19. The van der Waals surface area contributed by atoms with Crippen LogP contribution in [0.1, 0.15) is 22.3 Å². The van der Waals surface area contributed by atoms with Crippen LogP contribution in [0.2, 0.25) is 0 Å². The zero-order valence-electron chi connectivity index (χ0n) is 14.6. The van der Waals surface area contributed by atoms with Crippen LogP contribution >= 0.6 is 11.3 Å². The van der Waals surface area contributed by atoms with E-state index in [2.05, 4.69) is 9.71 Å². The molecule has 0 spiro atoms. The van der Waals surface area contributed by atoms with Crippen LogP contribution in [0.5, 0.6) is 0 Å². The van der Waals surface area contributed by atoms with Crippen molar-refractivity contribution in [2.75, 3.05) is 16.2 Å². The summed E-state index contributed by atoms with van der Waals surface area (Å²) >= 11 is 1.20. The summed E-state index contributed by atoms with van der Waals surface area (Å²) in [7, 11) is -3.76. The second kappa shape index (κ2) is 7.33. The Morgan fingerprint density at radius 2 is 1.96 bits per heavy atom. The average molecular weight is 417 g/mol. The van der Waals surface area contributed by atoms with E-state index in [1.807, 2.05) is 0 Å². The van der Waals surface area contributed by atoms with Crippen LogP contribution < -0.4 is 9.62 Å². The van der Waals surface area contributed by atoms with E-state index in [1.165, 1.54) is 47.9 Å². The largest absolute Gasteiger partial charge is 0.308 e. The van der Waals surface area contributed by atoms with Gasteiger partial charge in [-0.15, -0.1) is 11.3 Å². The van der Waals surface area contributed by atoms with Gasteiger partial charge in [0.2, 0.25) is 0 Å². The summed E-state index contributed by atoms with van der Waals surface area (Å²) in [5, 5.41) is 1.98. The Morgan fingerprint density at radius 1 is 1.18 bits per heavy atom. The molecule has 4 rings (SSSR count). The number of halogens is 1. The summed E-state index contributed by atoms with van der Waals surface area (Å²) in [6, 6.07) is 10.1. The minimum atomic E-state index is -3.76. The van der Waals surface area contributed by atoms with Gasteiger partial charge < -0.3 is 4.90 Å². The number of amides is 1. The van der Waals surface area contributed by atoms with Gasteiger partial charge in [0.1, 0.15) is 5.82 Å². The number of carbonyl (C=O) groups excluding carboxylic acids is 1. The number of fused-ring (bicyclic) bond motifs is 1. The first-order valence-corrected chi connectivity index (χ1v) is 10.9. The van der Waals surface area contributed by atoms with Crippen molar-refractivity contribution in [3.8, 4) is 0 Å².